The fourth-order valence-electron chi connectivity index (χ4n) is 5.01. The van der Waals surface area contributed by atoms with E-state index in [-0.39, 0.29) is 35.4 Å². The molecule has 1 aliphatic heterocycles. The fraction of sp³-hybridized carbons (Fsp3) is 0.393. The first-order chi connectivity index (χ1) is 15.6. The Hall–Kier alpha value is -3.21. The van der Waals surface area contributed by atoms with Gasteiger partial charge >= 0.3 is 0 Å². The van der Waals surface area contributed by atoms with Gasteiger partial charge in [-0.05, 0) is 53.1 Å². The maximum absolute atomic E-state index is 13.5. The summed E-state index contributed by atoms with van der Waals surface area (Å²) in [6.45, 7) is 9.93. The zero-order valence-corrected chi connectivity index (χ0v) is 20.1. The van der Waals surface area contributed by atoms with Crippen LogP contribution in [0.3, 0.4) is 0 Å². The molecule has 0 saturated carbocycles. The van der Waals surface area contributed by atoms with Gasteiger partial charge in [-0.3, -0.25) is 19.3 Å². The fourth-order valence-corrected chi connectivity index (χ4v) is 5.01. The molecule has 0 radical (unpaired) electrons. The van der Waals surface area contributed by atoms with E-state index in [4.69, 9.17) is 0 Å². The van der Waals surface area contributed by atoms with Crippen molar-refractivity contribution < 1.29 is 14.4 Å². The number of benzene rings is 2. The summed E-state index contributed by atoms with van der Waals surface area (Å²) >= 11 is 0. The average molecular weight is 445 g/mol. The van der Waals surface area contributed by atoms with Crippen LogP contribution in [0.2, 0.25) is 0 Å². The molecule has 5 nitrogen and oxygen atoms in total. The van der Waals surface area contributed by atoms with Crippen molar-refractivity contribution >= 4 is 29.0 Å². The topological polar surface area (TPSA) is 66.5 Å². The second-order valence-corrected chi connectivity index (χ2v) is 10.3. The third-order valence-corrected chi connectivity index (χ3v) is 6.59. The molecule has 0 spiro atoms. The summed E-state index contributed by atoms with van der Waals surface area (Å²) in [5, 5.41) is 2.76. The number of carbonyl (C=O) groups is 3. The van der Waals surface area contributed by atoms with Gasteiger partial charge < -0.3 is 5.32 Å². The highest BCUT2D eigenvalue weighted by Crippen LogP contribution is 2.48. The summed E-state index contributed by atoms with van der Waals surface area (Å²) in [6, 6.07) is 15.6. The molecule has 1 unspecified atom stereocenters. The molecule has 2 aliphatic rings. The van der Waals surface area contributed by atoms with E-state index in [0.29, 0.717) is 24.4 Å². The average Bonchev–Trinajstić information content (AvgIpc) is 2.72. The Bertz CT molecular complexity index is 1120. The van der Waals surface area contributed by atoms with Crippen molar-refractivity contribution in [1.82, 2.24) is 0 Å². The van der Waals surface area contributed by atoms with Gasteiger partial charge in [0.1, 0.15) is 0 Å². The molecule has 0 aromatic heterocycles. The molecular formula is C28H32N2O3. The van der Waals surface area contributed by atoms with Crippen LogP contribution in [0.15, 0.2) is 59.8 Å². The van der Waals surface area contributed by atoms with Gasteiger partial charge in [0.05, 0.1) is 0 Å². The maximum atomic E-state index is 13.5. The number of nitrogens with one attached hydrogen (secondary N) is 1. The number of carbonyl (C=O) groups excluding carboxylic acids is 3. The molecule has 1 atom stereocenters. The molecule has 0 fully saturated rings. The number of rotatable bonds is 4. The highest BCUT2D eigenvalue weighted by molar-refractivity contribution is 6.08. The van der Waals surface area contributed by atoms with Gasteiger partial charge in [0.25, 0.3) is 0 Å². The Labute approximate surface area is 195 Å². The minimum Gasteiger partial charge on any atom is -0.326 e. The lowest BCUT2D eigenvalue weighted by Gasteiger charge is -2.43. The molecule has 1 heterocycles. The van der Waals surface area contributed by atoms with Crippen LogP contribution in [0.5, 0.6) is 0 Å². The molecular weight excluding hydrogens is 412 g/mol. The van der Waals surface area contributed by atoms with Crippen molar-refractivity contribution in [1.29, 1.82) is 0 Å². The van der Waals surface area contributed by atoms with E-state index < -0.39 is 0 Å². The second-order valence-electron chi connectivity index (χ2n) is 10.3. The molecule has 5 heteroatoms. The molecule has 2 aromatic carbocycles. The Morgan fingerprint density at radius 1 is 1.00 bits per heavy atom. The van der Waals surface area contributed by atoms with E-state index in [1.165, 1.54) is 12.5 Å². The zero-order chi connectivity index (χ0) is 23.9. The number of amides is 2. The van der Waals surface area contributed by atoms with Crippen molar-refractivity contribution in [3.8, 4) is 0 Å². The molecule has 2 amide bonds. The normalized spacial score (nSPS) is 20.2. The number of allylic oxidation sites excluding steroid dienone is 2. The molecule has 1 aliphatic carbocycles. The highest BCUT2D eigenvalue weighted by atomic mass is 16.2. The van der Waals surface area contributed by atoms with Crippen molar-refractivity contribution in [2.75, 3.05) is 10.2 Å². The van der Waals surface area contributed by atoms with Crippen molar-refractivity contribution in [3.05, 3.63) is 70.9 Å². The van der Waals surface area contributed by atoms with Gasteiger partial charge in [0.15, 0.2) is 5.78 Å². The number of anilines is 2. The zero-order valence-electron chi connectivity index (χ0n) is 20.1. The third kappa shape index (κ3) is 4.63. The third-order valence-electron chi connectivity index (χ3n) is 6.59. The van der Waals surface area contributed by atoms with Crippen LogP contribution in [0.25, 0.3) is 0 Å². The molecule has 0 saturated heterocycles. The summed E-state index contributed by atoms with van der Waals surface area (Å²) in [7, 11) is 0. The first kappa shape index (κ1) is 23.0. The van der Waals surface area contributed by atoms with Crippen molar-refractivity contribution in [2.45, 2.75) is 65.7 Å². The molecule has 0 bridgehead atoms. The minimum atomic E-state index is -0.216. The number of hydrogen-bond acceptors (Lipinski definition) is 3. The largest absolute Gasteiger partial charge is 0.326 e. The van der Waals surface area contributed by atoms with E-state index in [1.807, 2.05) is 12.1 Å². The smallest absolute Gasteiger partial charge is 0.232 e. The van der Waals surface area contributed by atoms with E-state index in [0.717, 1.165) is 22.5 Å². The lowest BCUT2D eigenvalue weighted by Crippen LogP contribution is -2.43. The lowest BCUT2D eigenvalue weighted by atomic mass is 9.69. The number of nitrogens with zero attached hydrogens (tertiary/aromatic N) is 1. The Morgan fingerprint density at radius 3 is 2.21 bits per heavy atom. The van der Waals surface area contributed by atoms with Gasteiger partial charge in [-0.25, -0.2) is 0 Å². The Morgan fingerprint density at radius 2 is 1.64 bits per heavy atom. The lowest BCUT2D eigenvalue weighted by molar-refractivity contribution is -0.121. The van der Waals surface area contributed by atoms with E-state index >= 15 is 0 Å². The number of Topliss-reactive ketones (excluding diaryl/α,β-unsaturated/α-hetero) is 1. The van der Waals surface area contributed by atoms with Crippen LogP contribution >= 0.6 is 0 Å². The summed E-state index contributed by atoms with van der Waals surface area (Å²) in [5.74, 6) is 0.186. The SMILES string of the molecule is CC(=O)Nc1ccc(N2C(=O)CC(c3ccc(C(C)C)cc3)C3=C2CC(C)(C)CC3=O)cc1. The predicted molar refractivity (Wildman–Crippen MR) is 131 cm³/mol. The minimum absolute atomic E-state index is 0.00976. The van der Waals surface area contributed by atoms with Gasteiger partial charge in [0, 0.05) is 48.3 Å². The second kappa shape index (κ2) is 8.62. The summed E-state index contributed by atoms with van der Waals surface area (Å²) in [5.41, 5.74) is 5.04. The maximum Gasteiger partial charge on any atom is 0.232 e. The van der Waals surface area contributed by atoms with Crippen LogP contribution in [0, 0.1) is 5.41 Å². The highest BCUT2D eigenvalue weighted by Gasteiger charge is 2.44. The monoisotopic (exact) mass is 444 g/mol. The van der Waals surface area contributed by atoms with E-state index in [9.17, 15) is 14.4 Å². The quantitative estimate of drug-likeness (QED) is 0.635. The molecule has 172 valence electrons. The van der Waals surface area contributed by atoms with E-state index in [2.05, 4.69) is 57.3 Å². The van der Waals surface area contributed by atoms with E-state index in [1.54, 1.807) is 17.0 Å². The summed E-state index contributed by atoms with van der Waals surface area (Å²) in [4.78, 5) is 40.0. The summed E-state index contributed by atoms with van der Waals surface area (Å²) in [6.07, 6.45) is 1.41. The van der Waals surface area contributed by atoms with Crippen LogP contribution < -0.4 is 10.2 Å². The Kier molecular flexibility index (Phi) is 6.00. The molecule has 1 N–H and O–H groups in total. The molecule has 2 aromatic rings. The van der Waals surface area contributed by atoms with Gasteiger partial charge in [-0.1, -0.05) is 52.0 Å². The first-order valence-corrected chi connectivity index (χ1v) is 11.6. The standard InChI is InChI=1S/C28H32N2O3/c1-17(2)19-6-8-20(9-7-19)23-14-26(33)30(22-12-10-21(11-13-22)29-18(3)31)24-15-28(4,5)16-25(32)27(23)24/h6-13,17,23H,14-16H2,1-5H3,(H,29,31). The van der Waals surface area contributed by atoms with Crippen LogP contribution in [0.4, 0.5) is 11.4 Å². The van der Waals surface area contributed by atoms with Gasteiger partial charge in [0.2, 0.25) is 11.8 Å². The predicted octanol–water partition coefficient (Wildman–Crippen LogP) is 5.93. The Balaban J connectivity index is 1.79. The number of ketones is 1. The van der Waals surface area contributed by atoms with Crippen molar-refractivity contribution in [2.24, 2.45) is 5.41 Å². The van der Waals surface area contributed by atoms with Gasteiger partial charge in [-0.2, -0.15) is 0 Å². The number of hydrogen-bond donors (Lipinski definition) is 1. The van der Waals surface area contributed by atoms with Gasteiger partial charge in [-0.15, -0.1) is 0 Å². The molecule has 4 rings (SSSR count). The van der Waals surface area contributed by atoms with Crippen LogP contribution in [-0.2, 0) is 14.4 Å². The molecule has 33 heavy (non-hydrogen) atoms. The van der Waals surface area contributed by atoms with Crippen LogP contribution in [0.1, 0.15) is 76.8 Å². The first-order valence-electron chi connectivity index (χ1n) is 11.6. The van der Waals surface area contributed by atoms with Crippen LogP contribution in [-0.4, -0.2) is 17.6 Å². The van der Waals surface area contributed by atoms with Crippen molar-refractivity contribution in [3.63, 3.8) is 0 Å². The summed E-state index contributed by atoms with van der Waals surface area (Å²) < 4.78 is 0.